The van der Waals surface area contributed by atoms with E-state index in [2.05, 4.69) is 32.1 Å². The smallest absolute Gasteiger partial charge is 0.0634 e. The van der Waals surface area contributed by atoms with Crippen LogP contribution in [0.1, 0.15) is 39.5 Å². The van der Waals surface area contributed by atoms with E-state index in [0.717, 1.165) is 25.0 Å². The van der Waals surface area contributed by atoms with E-state index in [-0.39, 0.29) is 6.10 Å². The average molecular weight is 264 g/mol. The van der Waals surface area contributed by atoms with Gasteiger partial charge >= 0.3 is 0 Å². The molecule has 0 fully saturated rings. The molecular weight excluding hydrogens is 240 g/mol. The Labute approximate surface area is 115 Å². The van der Waals surface area contributed by atoms with E-state index in [1.54, 1.807) is 11.8 Å². The molecule has 0 aliphatic heterocycles. The van der Waals surface area contributed by atoms with Crippen molar-refractivity contribution < 1.29 is 5.11 Å². The van der Waals surface area contributed by atoms with Gasteiger partial charge in [-0.05, 0) is 45.2 Å². The molecule has 0 spiro atoms. The first-order valence-electron chi connectivity index (χ1n) is 6.68. The van der Waals surface area contributed by atoms with Gasteiger partial charge in [0.2, 0.25) is 0 Å². The van der Waals surface area contributed by atoms with Gasteiger partial charge in [0.15, 0.2) is 0 Å². The summed E-state index contributed by atoms with van der Waals surface area (Å²) >= 11 is 1.74. The molecule has 1 atom stereocenters. The summed E-state index contributed by atoms with van der Waals surface area (Å²) in [7, 11) is 0. The summed E-state index contributed by atoms with van der Waals surface area (Å²) < 4.78 is 0. The summed E-state index contributed by atoms with van der Waals surface area (Å²) in [6.45, 7) is 4.26. The minimum absolute atomic E-state index is 0.179. The minimum Gasteiger partial charge on any atom is -0.392 e. The predicted molar refractivity (Wildman–Crippen MR) is 81.1 cm³/mol. The van der Waals surface area contributed by atoms with Crippen LogP contribution in [0.2, 0.25) is 0 Å². The zero-order chi connectivity index (χ0) is 13.2. The van der Waals surface area contributed by atoms with Crippen LogP contribution in [-0.4, -0.2) is 17.0 Å². The van der Waals surface area contributed by atoms with E-state index >= 15 is 0 Å². The number of hydrogen-bond donors (Lipinski definition) is 1. The van der Waals surface area contributed by atoms with Crippen molar-refractivity contribution in [1.29, 1.82) is 0 Å². The first kappa shape index (κ1) is 15.3. The van der Waals surface area contributed by atoms with E-state index in [1.807, 2.05) is 18.2 Å². The lowest BCUT2D eigenvalue weighted by Gasteiger charge is -2.09. The summed E-state index contributed by atoms with van der Waals surface area (Å²) in [6.07, 6.45) is 6.43. The third kappa shape index (κ3) is 7.57. The highest BCUT2D eigenvalue weighted by Crippen LogP contribution is 2.19. The molecule has 0 aliphatic rings. The number of aliphatic hydroxyl groups is 1. The Morgan fingerprint density at radius 1 is 1.22 bits per heavy atom. The van der Waals surface area contributed by atoms with Gasteiger partial charge in [-0.3, -0.25) is 0 Å². The molecule has 0 saturated heterocycles. The third-order valence-electron chi connectivity index (χ3n) is 2.73. The van der Waals surface area contributed by atoms with Crippen LogP contribution in [0.3, 0.4) is 0 Å². The molecule has 1 rings (SSSR count). The van der Waals surface area contributed by atoms with Gasteiger partial charge in [-0.1, -0.05) is 36.3 Å². The Hall–Kier alpha value is -0.730. The molecule has 0 bridgehead atoms. The summed E-state index contributed by atoms with van der Waals surface area (Å²) in [5, 5.41) is 9.88. The van der Waals surface area contributed by atoms with Gasteiger partial charge in [0, 0.05) is 10.6 Å². The van der Waals surface area contributed by atoms with Gasteiger partial charge in [-0.25, -0.2) is 0 Å². The fourth-order valence-corrected chi connectivity index (χ4v) is 2.61. The molecule has 0 aromatic heterocycles. The lowest BCUT2D eigenvalue weighted by Crippen LogP contribution is -2.09. The van der Waals surface area contributed by atoms with Gasteiger partial charge in [0.05, 0.1) is 6.10 Å². The summed E-state index contributed by atoms with van der Waals surface area (Å²) in [5.41, 5.74) is 1.38. The van der Waals surface area contributed by atoms with E-state index in [9.17, 15) is 5.11 Å². The molecule has 0 heterocycles. The van der Waals surface area contributed by atoms with Gasteiger partial charge < -0.3 is 5.11 Å². The largest absolute Gasteiger partial charge is 0.392 e. The SMILES string of the molecule is CC(C)=CCCCCC(O)CSc1ccccc1. The van der Waals surface area contributed by atoms with Gasteiger partial charge in [0.25, 0.3) is 0 Å². The number of aliphatic hydroxyl groups excluding tert-OH is 1. The Morgan fingerprint density at radius 3 is 2.61 bits per heavy atom. The number of thioether (sulfide) groups is 1. The van der Waals surface area contributed by atoms with E-state index in [1.165, 1.54) is 16.9 Å². The highest BCUT2D eigenvalue weighted by atomic mass is 32.2. The predicted octanol–water partition coefficient (Wildman–Crippen LogP) is 4.67. The average Bonchev–Trinajstić information content (AvgIpc) is 2.37. The van der Waals surface area contributed by atoms with Crippen LogP contribution in [0.25, 0.3) is 0 Å². The van der Waals surface area contributed by atoms with Crippen LogP contribution in [0.15, 0.2) is 46.9 Å². The van der Waals surface area contributed by atoms with Crippen LogP contribution in [0.5, 0.6) is 0 Å². The standard InChI is InChI=1S/C16H24OS/c1-14(2)9-5-3-6-10-15(17)13-18-16-11-7-4-8-12-16/h4,7-9,11-12,15,17H,3,5-6,10,13H2,1-2H3. The summed E-state index contributed by atoms with van der Waals surface area (Å²) in [6, 6.07) is 10.3. The fraction of sp³-hybridized carbons (Fsp3) is 0.500. The monoisotopic (exact) mass is 264 g/mol. The number of benzene rings is 1. The second-order valence-corrected chi connectivity index (χ2v) is 5.94. The Balaban J connectivity index is 2.07. The van der Waals surface area contributed by atoms with Crippen LogP contribution < -0.4 is 0 Å². The topological polar surface area (TPSA) is 20.2 Å². The number of rotatable bonds is 8. The van der Waals surface area contributed by atoms with Gasteiger partial charge in [0.1, 0.15) is 0 Å². The van der Waals surface area contributed by atoms with Gasteiger partial charge in [-0.15, -0.1) is 11.8 Å². The van der Waals surface area contributed by atoms with Crippen LogP contribution in [-0.2, 0) is 0 Å². The lowest BCUT2D eigenvalue weighted by molar-refractivity contribution is 0.185. The molecule has 2 heteroatoms. The molecule has 0 amide bonds. The van der Waals surface area contributed by atoms with E-state index < -0.39 is 0 Å². The maximum atomic E-state index is 9.88. The van der Waals surface area contributed by atoms with E-state index in [4.69, 9.17) is 0 Å². The first-order valence-corrected chi connectivity index (χ1v) is 7.66. The molecule has 0 radical (unpaired) electrons. The van der Waals surface area contributed by atoms with Crippen molar-refractivity contribution in [2.24, 2.45) is 0 Å². The molecular formula is C16H24OS. The Morgan fingerprint density at radius 2 is 1.94 bits per heavy atom. The van der Waals surface area contributed by atoms with Crippen molar-refractivity contribution in [1.82, 2.24) is 0 Å². The van der Waals surface area contributed by atoms with E-state index in [0.29, 0.717) is 0 Å². The van der Waals surface area contributed by atoms with Gasteiger partial charge in [-0.2, -0.15) is 0 Å². The second kappa shape index (κ2) is 9.23. The lowest BCUT2D eigenvalue weighted by atomic mass is 10.1. The first-order chi connectivity index (χ1) is 8.68. The summed E-state index contributed by atoms with van der Waals surface area (Å²) in [4.78, 5) is 1.24. The summed E-state index contributed by atoms with van der Waals surface area (Å²) in [5.74, 6) is 0.798. The molecule has 1 nitrogen and oxygen atoms in total. The fourth-order valence-electron chi connectivity index (χ4n) is 1.71. The zero-order valence-electron chi connectivity index (χ0n) is 11.4. The van der Waals surface area contributed by atoms with Crippen molar-refractivity contribution in [3.63, 3.8) is 0 Å². The Kier molecular flexibility index (Phi) is 7.86. The quantitative estimate of drug-likeness (QED) is 0.418. The van der Waals surface area contributed by atoms with Crippen molar-refractivity contribution >= 4 is 11.8 Å². The van der Waals surface area contributed by atoms with Crippen LogP contribution >= 0.6 is 11.8 Å². The van der Waals surface area contributed by atoms with Crippen molar-refractivity contribution in [2.45, 2.75) is 50.5 Å². The van der Waals surface area contributed by atoms with Crippen LogP contribution in [0, 0.1) is 0 Å². The maximum Gasteiger partial charge on any atom is 0.0634 e. The third-order valence-corrected chi connectivity index (χ3v) is 3.89. The molecule has 1 aromatic carbocycles. The number of unbranched alkanes of at least 4 members (excludes halogenated alkanes) is 2. The highest BCUT2D eigenvalue weighted by Gasteiger charge is 2.04. The molecule has 100 valence electrons. The molecule has 18 heavy (non-hydrogen) atoms. The van der Waals surface area contributed by atoms with Crippen molar-refractivity contribution in [3.8, 4) is 0 Å². The normalized spacial score (nSPS) is 12.2. The molecule has 0 aliphatic carbocycles. The molecule has 1 unspecified atom stereocenters. The molecule has 1 N–H and O–H groups in total. The number of hydrogen-bond acceptors (Lipinski definition) is 2. The Bertz CT molecular complexity index is 341. The van der Waals surface area contributed by atoms with Crippen molar-refractivity contribution in [3.05, 3.63) is 42.0 Å². The minimum atomic E-state index is -0.179. The number of allylic oxidation sites excluding steroid dienone is 2. The van der Waals surface area contributed by atoms with Crippen LogP contribution in [0.4, 0.5) is 0 Å². The molecule has 0 saturated carbocycles. The second-order valence-electron chi connectivity index (χ2n) is 4.84. The highest BCUT2D eigenvalue weighted by molar-refractivity contribution is 7.99. The maximum absolute atomic E-state index is 9.88. The molecule has 1 aromatic rings. The van der Waals surface area contributed by atoms with Crippen molar-refractivity contribution in [2.75, 3.05) is 5.75 Å². The zero-order valence-corrected chi connectivity index (χ0v) is 12.2.